The zero-order valence-electron chi connectivity index (χ0n) is 12.3. The van der Waals surface area contributed by atoms with E-state index in [-0.39, 0.29) is 0 Å². The van der Waals surface area contributed by atoms with Gasteiger partial charge in [0.25, 0.3) is 0 Å². The molecule has 0 spiro atoms. The number of nitrogens with zero attached hydrogens (tertiary/aromatic N) is 2. The molecule has 1 aromatic rings. The van der Waals surface area contributed by atoms with Crippen LogP contribution in [0.1, 0.15) is 57.6 Å². The molecule has 1 N–H and O–H groups in total. The van der Waals surface area contributed by atoms with Gasteiger partial charge in [-0.15, -0.1) is 0 Å². The maximum Gasteiger partial charge on any atom is 0.128 e. The highest BCUT2D eigenvalue weighted by Gasteiger charge is 2.23. The largest absolute Gasteiger partial charge is 0.389 e. The van der Waals surface area contributed by atoms with E-state index in [9.17, 15) is 5.11 Å². The van der Waals surface area contributed by atoms with Gasteiger partial charge in [-0.3, -0.25) is 0 Å². The lowest BCUT2D eigenvalue weighted by atomic mass is 9.84. The average molecular weight is 262 g/mol. The smallest absolute Gasteiger partial charge is 0.128 e. The molecule has 0 bridgehead atoms. The molecule has 1 atom stereocenters. The summed E-state index contributed by atoms with van der Waals surface area (Å²) in [7, 11) is 2.14. The highest BCUT2D eigenvalue weighted by Crippen LogP contribution is 2.30. The van der Waals surface area contributed by atoms with Crippen LogP contribution in [0.25, 0.3) is 0 Å². The quantitative estimate of drug-likeness (QED) is 0.901. The highest BCUT2D eigenvalue weighted by molar-refractivity contribution is 5.40. The van der Waals surface area contributed by atoms with E-state index >= 15 is 0 Å². The molecule has 3 heteroatoms. The average Bonchev–Trinajstić information content (AvgIpc) is 2.46. The first-order chi connectivity index (χ1) is 9.11. The van der Waals surface area contributed by atoms with Crippen molar-refractivity contribution < 1.29 is 5.11 Å². The minimum absolute atomic E-state index is 0.438. The van der Waals surface area contributed by atoms with Crippen LogP contribution < -0.4 is 4.90 Å². The van der Waals surface area contributed by atoms with Crippen LogP contribution in [0.3, 0.4) is 0 Å². The van der Waals surface area contributed by atoms with Crippen molar-refractivity contribution in [3.8, 4) is 0 Å². The molecular weight excluding hydrogens is 236 g/mol. The van der Waals surface area contributed by atoms with Crippen molar-refractivity contribution in [1.82, 2.24) is 4.98 Å². The Labute approximate surface area is 116 Å². The van der Waals surface area contributed by atoms with Crippen LogP contribution in [0.4, 0.5) is 5.82 Å². The second-order valence-electron chi connectivity index (χ2n) is 5.82. The molecule has 19 heavy (non-hydrogen) atoms. The molecule has 0 aliphatic heterocycles. The number of rotatable bonds is 4. The molecule has 0 unspecified atom stereocenters. The van der Waals surface area contributed by atoms with E-state index < -0.39 is 6.10 Å². The monoisotopic (exact) mass is 262 g/mol. The van der Waals surface area contributed by atoms with Gasteiger partial charge in [0.15, 0.2) is 0 Å². The first-order valence-electron chi connectivity index (χ1n) is 7.48. The maximum absolute atomic E-state index is 9.50. The van der Waals surface area contributed by atoms with Crippen molar-refractivity contribution in [2.24, 2.45) is 5.92 Å². The van der Waals surface area contributed by atoms with Crippen molar-refractivity contribution in [2.75, 3.05) is 11.9 Å². The molecule has 0 aromatic carbocycles. The van der Waals surface area contributed by atoms with E-state index in [0.29, 0.717) is 6.04 Å². The van der Waals surface area contributed by atoms with E-state index in [1.165, 1.54) is 32.1 Å². The van der Waals surface area contributed by atoms with E-state index in [4.69, 9.17) is 0 Å². The molecule has 1 aromatic heterocycles. The standard InChI is InChI=1S/C16H26N2O/c1-4-13-5-8-15(9-6-13)18(3)16-10-7-14(11-17-16)12(2)19/h7,10-13,15,19H,4-6,8-9H2,1-3H3/t12-,13?,15?/m0/s1. The Morgan fingerprint density at radius 3 is 2.47 bits per heavy atom. The number of aliphatic hydroxyl groups is 1. The van der Waals surface area contributed by atoms with Crippen LogP contribution in [0.5, 0.6) is 0 Å². The molecule has 3 nitrogen and oxygen atoms in total. The summed E-state index contributed by atoms with van der Waals surface area (Å²) in [5.74, 6) is 1.94. The van der Waals surface area contributed by atoms with Crippen LogP contribution in [-0.4, -0.2) is 23.2 Å². The number of hydrogen-bond donors (Lipinski definition) is 1. The molecule has 1 heterocycles. The molecule has 1 fully saturated rings. The van der Waals surface area contributed by atoms with Crippen LogP contribution in [0, 0.1) is 5.92 Å². The normalized spacial score (nSPS) is 25.1. The number of hydrogen-bond acceptors (Lipinski definition) is 3. The van der Waals surface area contributed by atoms with Crippen molar-refractivity contribution in [1.29, 1.82) is 0 Å². The fourth-order valence-electron chi connectivity index (χ4n) is 2.98. The van der Waals surface area contributed by atoms with Crippen LogP contribution in [0.2, 0.25) is 0 Å². The summed E-state index contributed by atoms with van der Waals surface area (Å²) in [4.78, 5) is 6.78. The maximum atomic E-state index is 9.50. The first-order valence-corrected chi connectivity index (χ1v) is 7.48. The molecular formula is C16H26N2O. The number of anilines is 1. The molecule has 1 aliphatic carbocycles. The summed E-state index contributed by atoms with van der Waals surface area (Å²) in [6.45, 7) is 4.07. The van der Waals surface area contributed by atoms with Gasteiger partial charge < -0.3 is 10.0 Å². The molecule has 0 saturated heterocycles. The van der Waals surface area contributed by atoms with E-state index in [1.54, 1.807) is 13.1 Å². The summed E-state index contributed by atoms with van der Waals surface area (Å²) in [5, 5.41) is 9.50. The molecule has 0 radical (unpaired) electrons. The summed E-state index contributed by atoms with van der Waals surface area (Å²) < 4.78 is 0. The third kappa shape index (κ3) is 3.47. The van der Waals surface area contributed by atoms with Crippen molar-refractivity contribution in [2.45, 2.75) is 58.1 Å². The predicted octanol–water partition coefficient (Wildman–Crippen LogP) is 3.54. The van der Waals surface area contributed by atoms with Crippen LogP contribution in [-0.2, 0) is 0 Å². The van der Waals surface area contributed by atoms with E-state index in [0.717, 1.165) is 17.3 Å². The van der Waals surface area contributed by atoms with Gasteiger partial charge in [-0.05, 0) is 50.2 Å². The highest BCUT2D eigenvalue weighted by atomic mass is 16.3. The third-order valence-electron chi connectivity index (χ3n) is 4.56. The Bertz CT molecular complexity index is 380. The summed E-state index contributed by atoms with van der Waals surface area (Å²) in [6, 6.07) is 4.61. The van der Waals surface area contributed by atoms with Crippen LogP contribution >= 0.6 is 0 Å². The van der Waals surface area contributed by atoms with Gasteiger partial charge in [-0.25, -0.2) is 4.98 Å². The zero-order chi connectivity index (χ0) is 13.8. The molecule has 106 valence electrons. The summed E-state index contributed by atoms with van der Waals surface area (Å²) in [5.41, 5.74) is 0.881. The van der Waals surface area contributed by atoms with E-state index in [2.05, 4.69) is 23.9 Å². The summed E-state index contributed by atoms with van der Waals surface area (Å²) >= 11 is 0. The van der Waals surface area contributed by atoms with Gasteiger partial charge in [0.2, 0.25) is 0 Å². The molecule has 2 rings (SSSR count). The second kappa shape index (κ2) is 6.38. The molecule has 1 aliphatic rings. The number of aliphatic hydroxyl groups excluding tert-OH is 1. The molecule has 1 saturated carbocycles. The minimum Gasteiger partial charge on any atom is -0.389 e. The fourth-order valence-corrected chi connectivity index (χ4v) is 2.98. The SMILES string of the molecule is CCC1CCC(N(C)c2ccc([C@H](C)O)cn2)CC1. The lowest BCUT2D eigenvalue weighted by molar-refractivity contribution is 0.199. The lowest BCUT2D eigenvalue weighted by Gasteiger charge is -2.35. The Hall–Kier alpha value is -1.09. The van der Waals surface area contributed by atoms with Gasteiger partial charge in [0.05, 0.1) is 6.10 Å². The van der Waals surface area contributed by atoms with Gasteiger partial charge in [0, 0.05) is 19.3 Å². The predicted molar refractivity (Wildman–Crippen MR) is 79.3 cm³/mol. The van der Waals surface area contributed by atoms with E-state index in [1.807, 2.05) is 12.1 Å². The van der Waals surface area contributed by atoms with Gasteiger partial charge in [-0.2, -0.15) is 0 Å². The topological polar surface area (TPSA) is 36.4 Å². The second-order valence-corrected chi connectivity index (χ2v) is 5.82. The number of pyridine rings is 1. The Kier molecular flexibility index (Phi) is 4.81. The summed E-state index contributed by atoms with van der Waals surface area (Å²) in [6.07, 6.45) is 7.90. The fraction of sp³-hybridized carbons (Fsp3) is 0.688. The van der Waals surface area contributed by atoms with Crippen molar-refractivity contribution >= 4 is 5.82 Å². The van der Waals surface area contributed by atoms with Gasteiger partial charge in [0.1, 0.15) is 5.82 Å². The van der Waals surface area contributed by atoms with Crippen molar-refractivity contribution in [3.63, 3.8) is 0 Å². The number of aromatic nitrogens is 1. The Morgan fingerprint density at radius 2 is 2.00 bits per heavy atom. The first kappa shape index (κ1) is 14.3. The minimum atomic E-state index is -0.438. The third-order valence-corrected chi connectivity index (χ3v) is 4.56. The lowest BCUT2D eigenvalue weighted by Crippen LogP contribution is -2.35. The van der Waals surface area contributed by atoms with Gasteiger partial charge >= 0.3 is 0 Å². The Morgan fingerprint density at radius 1 is 1.32 bits per heavy atom. The van der Waals surface area contributed by atoms with Crippen LogP contribution in [0.15, 0.2) is 18.3 Å². The van der Waals surface area contributed by atoms with Crippen molar-refractivity contribution in [3.05, 3.63) is 23.9 Å². The molecule has 0 amide bonds. The zero-order valence-corrected chi connectivity index (χ0v) is 12.3. The van der Waals surface area contributed by atoms with Gasteiger partial charge in [-0.1, -0.05) is 19.4 Å². The Balaban J connectivity index is 1.97.